The largest absolute Gasteiger partial charge is 0.484 e. The Morgan fingerprint density at radius 1 is 1.32 bits per heavy atom. The molecule has 196 valence electrons. The monoisotopic (exact) mass is 545 g/mol. The van der Waals surface area contributed by atoms with E-state index in [0.29, 0.717) is 47.6 Å². The molecule has 0 spiro atoms. The van der Waals surface area contributed by atoms with E-state index in [0.717, 1.165) is 37.1 Å². The lowest BCUT2D eigenvalue weighted by Gasteiger charge is -2.28. The average Bonchev–Trinajstić information content (AvgIpc) is 3.29. The van der Waals surface area contributed by atoms with E-state index >= 15 is 0 Å². The van der Waals surface area contributed by atoms with Crippen LogP contribution in [0.15, 0.2) is 65.2 Å². The maximum absolute atomic E-state index is 14.1. The molecule has 3 N–H and O–H groups in total. The average molecular weight is 546 g/mol. The third kappa shape index (κ3) is 6.55. The first kappa shape index (κ1) is 27.2. The number of allylic oxidation sites excluding steroid dienone is 6. The highest BCUT2D eigenvalue weighted by atomic mass is 35.5. The van der Waals surface area contributed by atoms with E-state index in [4.69, 9.17) is 33.7 Å². The molecule has 1 atom stereocenters. The third-order valence-electron chi connectivity index (χ3n) is 6.70. The molecule has 3 aliphatic rings. The molecule has 1 aromatic rings. The number of ether oxygens (including phenoxy) is 1. The van der Waals surface area contributed by atoms with Crippen LogP contribution in [0.2, 0.25) is 10.0 Å². The number of nitrogens with two attached hydrogens (primary N) is 1. The normalized spacial score (nSPS) is 19.3. The Kier molecular flexibility index (Phi) is 8.93. The van der Waals surface area contributed by atoms with Crippen molar-refractivity contribution in [2.24, 2.45) is 5.73 Å². The molecule has 2 heterocycles. The number of benzene rings is 1. The molecule has 4 rings (SSSR count). The van der Waals surface area contributed by atoms with Crippen LogP contribution in [0.4, 0.5) is 4.39 Å². The predicted octanol–water partition coefficient (Wildman–Crippen LogP) is 5.00. The second kappa shape index (κ2) is 12.1. The van der Waals surface area contributed by atoms with Gasteiger partial charge in [-0.3, -0.25) is 9.69 Å². The number of rotatable bonds is 8. The summed E-state index contributed by atoms with van der Waals surface area (Å²) in [6.45, 7) is 6.52. The fraction of sp³-hybridized carbons (Fsp3) is 0.393. The second-order valence-corrected chi connectivity index (χ2v) is 10.1. The van der Waals surface area contributed by atoms with E-state index in [1.807, 2.05) is 31.2 Å². The molecule has 0 saturated carbocycles. The number of likely N-dealkylation sites (N-methyl/N-ethyl adjacent to an activating group) is 1. The van der Waals surface area contributed by atoms with Crippen LogP contribution < -0.4 is 11.1 Å². The molecule has 0 radical (unpaired) electrons. The molecule has 1 aromatic carbocycles. The van der Waals surface area contributed by atoms with E-state index < -0.39 is 11.9 Å². The van der Waals surface area contributed by atoms with Crippen LogP contribution in [0.3, 0.4) is 0 Å². The molecule has 1 aliphatic carbocycles. The lowest BCUT2D eigenvalue weighted by Crippen LogP contribution is -2.44. The molecule has 6 nitrogen and oxygen atoms in total. The smallest absolute Gasteiger partial charge is 0.234 e. The Hall–Kier alpha value is -2.83. The van der Waals surface area contributed by atoms with Crippen LogP contribution in [0, 0.1) is 5.82 Å². The minimum Gasteiger partial charge on any atom is -0.484 e. The van der Waals surface area contributed by atoms with Crippen molar-refractivity contribution in [1.82, 2.24) is 10.2 Å². The van der Waals surface area contributed by atoms with Gasteiger partial charge in [0, 0.05) is 49.5 Å². The van der Waals surface area contributed by atoms with E-state index in [2.05, 4.69) is 26.9 Å². The number of nitrogens with one attached hydrogen (secondary N) is 1. The van der Waals surface area contributed by atoms with E-state index in [-0.39, 0.29) is 10.9 Å². The molecular weight excluding hydrogens is 514 g/mol. The van der Waals surface area contributed by atoms with Gasteiger partial charge in [-0.25, -0.2) is 4.39 Å². The molecule has 1 fully saturated rings. The number of amides is 1. The zero-order valence-corrected chi connectivity index (χ0v) is 22.6. The second-order valence-electron chi connectivity index (χ2n) is 9.34. The number of halogens is 3. The highest BCUT2D eigenvalue weighted by Crippen LogP contribution is 2.36. The molecule has 1 amide bonds. The van der Waals surface area contributed by atoms with Gasteiger partial charge in [0.2, 0.25) is 5.91 Å². The summed E-state index contributed by atoms with van der Waals surface area (Å²) in [7, 11) is 0. The minimum absolute atomic E-state index is 0.0566. The number of hydrogen-bond donors (Lipinski definition) is 2. The Morgan fingerprint density at radius 3 is 2.81 bits per heavy atom. The SMILES string of the molecule is CCNC(=O)CN1CCC([N+]2=C=CC(C3=CC(OC(C)c4c(Cl)ccc(F)c4Cl)=C(N)CC=C3)=C2)CC1. The van der Waals surface area contributed by atoms with Gasteiger partial charge in [0.1, 0.15) is 17.7 Å². The van der Waals surface area contributed by atoms with E-state index in [1.165, 1.54) is 12.1 Å². The van der Waals surface area contributed by atoms with Crippen molar-refractivity contribution in [3.8, 4) is 0 Å². The van der Waals surface area contributed by atoms with Crippen LogP contribution in [0.5, 0.6) is 0 Å². The summed E-state index contributed by atoms with van der Waals surface area (Å²) in [6.07, 6.45) is 11.7. The summed E-state index contributed by atoms with van der Waals surface area (Å²) >= 11 is 12.5. The Bertz CT molecular complexity index is 1250. The van der Waals surface area contributed by atoms with Crippen molar-refractivity contribution in [1.29, 1.82) is 0 Å². The van der Waals surface area contributed by atoms with Gasteiger partial charge in [-0.2, -0.15) is 4.58 Å². The van der Waals surface area contributed by atoms with Crippen molar-refractivity contribution in [3.05, 3.63) is 86.7 Å². The van der Waals surface area contributed by atoms with Gasteiger partial charge in [0.15, 0.2) is 18.1 Å². The Balaban J connectivity index is 1.44. The highest BCUT2D eigenvalue weighted by Gasteiger charge is 2.29. The van der Waals surface area contributed by atoms with Gasteiger partial charge in [-0.15, -0.1) is 0 Å². The van der Waals surface area contributed by atoms with Crippen LogP contribution in [-0.2, 0) is 9.53 Å². The quantitative estimate of drug-likeness (QED) is 0.356. The first-order valence-corrected chi connectivity index (χ1v) is 13.3. The summed E-state index contributed by atoms with van der Waals surface area (Å²) in [5, 5.41) is 3.13. The molecule has 37 heavy (non-hydrogen) atoms. The molecular formula is C28H32Cl2FN4O2+. The van der Waals surface area contributed by atoms with Crippen LogP contribution in [0.25, 0.3) is 0 Å². The van der Waals surface area contributed by atoms with Crippen molar-refractivity contribution in [3.63, 3.8) is 0 Å². The molecule has 1 saturated heterocycles. The standard InChI is InChI=1S/C28H31Cl2FN4O2/c1-3-33-26(36)17-34-12-10-21(11-13-34)35-14-9-20(16-35)19-5-4-6-24(32)25(15-19)37-18(2)27-22(29)7-8-23(31)28(27)30/h4-5,7-9,15-16,18,21H,3,6,10-13,17,32H2,1-2H3/p+1. The number of carbonyl (C=O) groups is 1. The van der Waals surface area contributed by atoms with E-state index in [9.17, 15) is 9.18 Å². The molecule has 9 heteroatoms. The maximum atomic E-state index is 14.1. The number of hydrogen-bond acceptors (Lipinski definition) is 4. The summed E-state index contributed by atoms with van der Waals surface area (Å²) in [4.78, 5) is 14.1. The fourth-order valence-corrected chi connectivity index (χ4v) is 5.38. The molecule has 0 bridgehead atoms. The van der Waals surface area contributed by atoms with Gasteiger partial charge < -0.3 is 15.8 Å². The first-order valence-electron chi connectivity index (χ1n) is 12.5. The zero-order chi connectivity index (χ0) is 26.5. The van der Waals surface area contributed by atoms with Gasteiger partial charge in [-0.1, -0.05) is 35.4 Å². The fourth-order valence-electron chi connectivity index (χ4n) is 4.70. The number of piperidine rings is 1. The summed E-state index contributed by atoms with van der Waals surface area (Å²) in [5.74, 6) is 3.38. The summed E-state index contributed by atoms with van der Waals surface area (Å²) in [5.41, 5.74) is 9.18. The van der Waals surface area contributed by atoms with Gasteiger partial charge in [-0.05, 0) is 37.6 Å². The van der Waals surface area contributed by atoms with Crippen molar-refractivity contribution >= 4 is 35.0 Å². The van der Waals surface area contributed by atoms with Crippen molar-refractivity contribution < 1.29 is 18.5 Å². The van der Waals surface area contributed by atoms with Crippen LogP contribution in [-0.4, -0.2) is 53.5 Å². The zero-order valence-electron chi connectivity index (χ0n) is 21.1. The highest BCUT2D eigenvalue weighted by molar-refractivity contribution is 6.36. The summed E-state index contributed by atoms with van der Waals surface area (Å²) < 4.78 is 22.4. The van der Waals surface area contributed by atoms with E-state index in [1.54, 1.807) is 6.92 Å². The molecule has 0 aromatic heterocycles. The lowest BCUT2D eigenvalue weighted by molar-refractivity contribution is -0.497. The number of carbonyl (C=O) groups excluding carboxylic acids is 1. The molecule has 2 aliphatic heterocycles. The maximum Gasteiger partial charge on any atom is 0.234 e. The molecule has 1 unspecified atom stereocenters. The van der Waals surface area contributed by atoms with Crippen LogP contribution >= 0.6 is 23.2 Å². The van der Waals surface area contributed by atoms with Crippen molar-refractivity contribution in [2.45, 2.75) is 45.3 Å². The predicted molar refractivity (Wildman–Crippen MR) is 145 cm³/mol. The van der Waals surface area contributed by atoms with Gasteiger partial charge in [0.25, 0.3) is 0 Å². The van der Waals surface area contributed by atoms with Gasteiger partial charge in [0.05, 0.1) is 28.9 Å². The number of nitrogens with zero attached hydrogens (tertiary/aromatic N) is 2. The van der Waals surface area contributed by atoms with Crippen LogP contribution in [0.1, 0.15) is 44.8 Å². The Morgan fingerprint density at radius 2 is 2.08 bits per heavy atom. The minimum atomic E-state index is -0.611. The summed E-state index contributed by atoms with van der Waals surface area (Å²) in [6, 6.07) is 3.02. The Labute approximate surface area is 227 Å². The van der Waals surface area contributed by atoms with Crippen molar-refractivity contribution in [2.75, 3.05) is 26.2 Å². The first-order chi connectivity index (χ1) is 17.8. The lowest BCUT2D eigenvalue weighted by atomic mass is 10.0. The topological polar surface area (TPSA) is 70.6 Å². The number of likely N-dealkylation sites (tertiary alicyclic amines) is 1. The van der Waals surface area contributed by atoms with Gasteiger partial charge >= 0.3 is 0 Å². The third-order valence-corrected chi connectivity index (χ3v) is 7.41.